The van der Waals surface area contributed by atoms with E-state index in [9.17, 15) is 9.59 Å². The lowest BCUT2D eigenvalue weighted by atomic mass is 10.1. The first-order valence-electron chi connectivity index (χ1n) is 6.29. The van der Waals surface area contributed by atoms with Crippen LogP contribution in [0.1, 0.15) is 49.7 Å². The largest absolute Gasteiger partial charge is 0.354 e. The van der Waals surface area contributed by atoms with Crippen molar-refractivity contribution >= 4 is 23.0 Å². The molecule has 0 spiro atoms. The standard InChI is InChI=1S/C14H17N3O2S/c1-7-6-20-11(16-7)5-15-14(19)13-8(2)12(10(4)18)9(3)17-13/h6,17H,5H2,1-4H3,(H,15,19). The molecule has 0 fully saturated rings. The third kappa shape index (κ3) is 2.80. The molecule has 0 aliphatic carbocycles. The van der Waals surface area contributed by atoms with E-state index < -0.39 is 0 Å². The minimum absolute atomic E-state index is 0.0363. The number of aryl methyl sites for hydroxylation is 2. The molecule has 2 aromatic rings. The van der Waals surface area contributed by atoms with E-state index in [4.69, 9.17) is 0 Å². The number of aromatic amines is 1. The second-order valence-electron chi connectivity index (χ2n) is 4.75. The summed E-state index contributed by atoms with van der Waals surface area (Å²) >= 11 is 1.51. The number of nitrogens with one attached hydrogen (secondary N) is 2. The summed E-state index contributed by atoms with van der Waals surface area (Å²) in [5, 5.41) is 5.62. The molecule has 2 aromatic heterocycles. The topological polar surface area (TPSA) is 74.8 Å². The van der Waals surface area contributed by atoms with Crippen LogP contribution in [-0.2, 0) is 6.54 Å². The van der Waals surface area contributed by atoms with Crippen molar-refractivity contribution in [2.75, 3.05) is 0 Å². The van der Waals surface area contributed by atoms with Crippen molar-refractivity contribution in [1.29, 1.82) is 0 Å². The average Bonchev–Trinajstić information content (AvgIpc) is 2.90. The molecule has 2 N–H and O–H groups in total. The van der Waals surface area contributed by atoms with Crippen LogP contribution in [0, 0.1) is 20.8 Å². The van der Waals surface area contributed by atoms with Gasteiger partial charge in [-0.25, -0.2) is 4.98 Å². The smallest absolute Gasteiger partial charge is 0.268 e. The van der Waals surface area contributed by atoms with Crippen LogP contribution in [-0.4, -0.2) is 21.7 Å². The maximum absolute atomic E-state index is 12.2. The van der Waals surface area contributed by atoms with Crippen molar-refractivity contribution in [3.8, 4) is 0 Å². The second-order valence-corrected chi connectivity index (χ2v) is 5.69. The molecule has 0 aliphatic heterocycles. The summed E-state index contributed by atoms with van der Waals surface area (Å²) in [6.07, 6.45) is 0. The van der Waals surface area contributed by atoms with Crippen LogP contribution in [0.15, 0.2) is 5.38 Å². The number of carbonyl (C=O) groups excluding carboxylic acids is 2. The quantitative estimate of drug-likeness (QED) is 0.850. The van der Waals surface area contributed by atoms with Gasteiger partial charge in [0.05, 0.1) is 6.54 Å². The number of hydrogen-bond donors (Lipinski definition) is 2. The van der Waals surface area contributed by atoms with Crippen LogP contribution in [0.3, 0.4) is 0 Å². The van der Waals surface area contributed by atoms with Gasteiger partial charge >= 0.3 is 0 Å². The highest BCUT2D eigenvalue weighted by Gasteiger charge is 2.19. The van der Waals surface area contributed by atoms with Crippen LogP contribution in [0.4, 0.5) is 0 Å². The van der Waals surface area contributed by atoms with Crippen LogP contribution >= 0.6 is 11.3 Å². The molecule has 5 nitrogen and oxygen atoms in total. The van der Waals surface area contributed by atoms with Gasteiger partial charge in [-0.2, -0.15) is 0 Å². The Morgan fingerprint density at radius 3 is 2.55 bits per heavy atom. The van der Waals surface area contributed by atoms with Gasteiger partial charge in [0, 0.05) is 22.3 Å². The molecule has 106 valence electrons. The summed E-state index contributed by atoms with van der Waals surface area (Å²) in [4.78, 5) is 31.0. The molecule has 0 saturated heterocycles. The predicted octanol–water partition coefficient (Wildman–Crippen LogP) is 2.53. The molecule has 0 radical (unpaired) electrons. The van der Waals surface area contributed by atoms with Gasteiger partial charge < -0.3 is 10.3 Å². The summed E-state index contributed by atoms with van der Waals surface area (Å²) < 4.78 is 0. The van der Waals surface area contributed by atoms with E-state index in [1.807, 2.05) is 12.3 Å². The molecule has 0 aromatic carbocycles. The number of nitrogens with zero attached hydrogens (tertiary/aromatic N) is 1. The van der Waals surface area contributed by atoms with Crippen LogP contribution < -0.4 is 5.32 Å². The average molecular weight is 291 g/mol. The van der Waals surface area contributed by atoms with E-state index in [0.717, 1.165) is 16.4 Å². The van der Waals surface area contributed by atoms with Crippen molar-refractivity contribution in [2.24, 2.45) is 0 Å². The summed E-state index contributed by atoms with van der Waals surface area (Å²) in [7, 11) is 0. The zero-order valence-electron chi connectivity index (χ0n) is 12.0. The maximum atomic E-state index is 12.2. The molecule has 0 unspecified atom stereocenters. The van der Waals surface area contributed by atoms with Gasteiger partial charge in [-0.05, 0) is 33.3 Å². The van der Waals surface area contributed by atoms with Gasteiger partial charge in [0.25, 0.3) is 5.91 Å². The Labute approximate surface area is 121 Å². The second kappa shape index (κ2) is 5.58. The molecule has 0 atom stereocenters. The first-order valence-corrected chi connectivity index (χ1v) is 7.17. The van der Waals surface area contributed by atoms with Gasteiger partial charge in [0.2, 0.25) is 0 Å². The molecule has 20 heavy (non-hydrogen) atoms. The number of ketones is 1. The fourth-order valence-corrected chi connectivity index (χ4v) is 2.94. The van der Waals surface area contributed by atoms with E-state index in [1.165, 1.54) is 18.3 Å². The van der Waals surface area contributed by atoms with Crippen LogP contribution in [0.2, 0.25) is 0 Å². The van der Waals surface area contributed by atoms with E-state index in [0.29, 0.717) is 23.4 Å². The van der Waals surface area contributed by atoms with Crippen LogP contribution in [0.5, 0.6) is 0 Å². The lowest BCUT2D eigenvalue weighted by Crippen LogP contribution is -2.24. The molecule has 2 rings (SSSR count). The Hall–Kier alpha value is -1.95. The van der Waals surface area contributed by atoms with Gasteiger partial charge in [-0.15, -0.1) is 11.3 Å². The Morgan fingerprint density at radius 2 is 2.05 bits per heavy atom. The highest BCUT2D eigenvalue weighted by Crippen LogP contribution is 2.18. The van der Waals surface area contributed by atoms with Crippen molar-refractivity contribution in [3.05, 3.63) is 38.6 Å². The number of hydrogen-bond acceptors (Lipinski definition) is 4. The maximum Gasteiger partial charge on any atom is 0.268 e. The van der Waals surface area contributed by atoms with Gasteiger partial charge in [0.1, 0.15) is 10.7 Å². The van der Waals surface area contributed by atoms with Crippen molar-refractivity contribution in [3.63, 3.8) is 0 Å². The third-order valence-corrected chi connectivity index (χ3v) is 4.05. The highest BCUT2D eigenvalue weighted by molar-refractivity contribution is 7.09. The van der Waals surface area contributed by atoms with E-state index >= 15 is 0 Å². The van der Waals surface area contributed by atoms with E-state index in [-0.39, 0.29) is 11.7 Å². The molecule has 0 aliphatic rings. The van der Waals surface area contributed by atoms with Gasteiger partial charge in [0.15, 0.2) is 5.78 Å². The Kier molecular flexibility index (Phi) is 4.04. The summed E-state index contributed by atoms with van der Waals surface area (Å²) in [5.41, 5.74) is 3.42. The molecular formula is C14H17N3O2S. The number of aromatic nitrogens is 2. The summed E-state index contributed by atoms with van der Waals surface area (Å²) in [5.74, 6) is -0.253. The Balaban J connectivity index is 2.14. The molecule has 0 saturated carbocycles. The number of rotatable bonds is 4. The Bertz CT molecular complexity index is 670. The molecule has 6 heteroatoms. The van der Waals surface area contributed by atoms with Crippen molar-refractivity contribution in [1.82, 2.24) is 15.3 Å². The highest BCUT2D eigenvalue weighted by atomic mass is 32.1. The molecule has 2 heterocycles. The van der Waals surface area contributed by atoms with Gasteiger partial charge in [-0.3, -0.25) is 9.59 Å². The van der Waals surface area contributed by atoms with Crippen molar-refractivity contribution < 1.29 is 9.59 Å². The van der Waals surface area contributed by atoms with E-state index in [1.54, 1.807) is 13.8 Å². The minimum Gasteiger partial charge on any atom is -0.354 e. The van der Waals surface area contributed by atoms with Crippen LogP contribution in [0.25, 0.3) is 0 Å². The number of thiazole rings is 1. The first kappa shape index (κ1) is 14.5. The predicted molar refractivity (Wildman–Crippen MR) is 78.3 cm³/mol. The SMILES string of the molecule is CC(=O)c1c(C)[nH]c(C(=O)NCc2nc(C)cs2)c1C. The first-order chi connectivity index (χ1) is 9.40. The lowest BCUT2D eigenvalue weighted by Gasteiger charge is -2.02. The zero-order valence-corrected chi connectivity index (χ0v) is 12.8. The molecule has 0 bridgehead atoms. The lowest BCUT2D eigenvalue weighted by molar-refractivity contribution is 0.0945. The number of H-pyrrole nitrogens is 1. The Morgan fingerprint density at radius 1 is 1.35 bits per heavy atom. The normalized spacial score (nSPS) is 10.6. The molecule has 1 amide bonds. The monoisotopic (exact) mass is 291 g/mol. The minimum atomic E-state index is -0.217. The summed E-state index contributed by atoms with van der Waals surface area (Å²) in [6, 6.07) is 0. The third-order valence-electron chi connectivity index (χ3n) is 3.08. The zero-order chi connectivity index (χ0) is 14.9. The number of carbonyl (C=O) groups is 2. The summed E-state index contributed by atoms with van der Waals surface area (Å²) in [6.45, 7) is 7.39. The van der Waals surface area contributed by atoms with E-state index in [2.05, 4.69) is 15.3 Å². The van der Waals surface area contributed by atoms with Crippen molar-refractivity contribution in [2.45, 2.75) is 34.2 Å². The number of Topliss-reactive ketones (excluding diaryl/α,β-unsaturated/α-hetero) is 1. The fourth-order valence-electron chi connectivity index (χ4n) is 2.23. The number of amides is 1. The molecular weight excluding hydrogens is 274 g/mol. The van der Waals surface area contributed by atoms with Gasteiger partial charge in [-0.1, -0.05) is 0 Å². The fraction of sp³-hybridized carbons (Fsp3) is 0.357.